The Bertz CT molecular complexity index is 908. The maximum atomic E-state index is 12.6. The van der Waals surface area contributed by atoms with E-state index >= 15 is 0 Å². The molecule has 1 amide bonds. The van der Waals surface area contributed by atoms with Crippen LogP contribution in [0.15, 0.2) is 41.3 Å². The van der Waals surface area contributed by atoms with Gasteiger partial charge in [0.1, 0.15) is 0 Å². The third kappa shape index (κ3) is 5.37. The lowest BCUT2D eigenvalue weighted by atomic mass is 10.1. The maximum Gasteiger partial charge on any atom is 0.261 e. The Morgan fingerprint density at radius 2 is 1.69 bits per heavy atom. The van der Waals surface area contributed by atoms with Crippen molar-refractivity contribution in [2.45, 2.75) is 25.7 Å². The molecule has 0 unspecified atom stereocenters. The van der Waals surface area contributed by atoms with Gasteiger partial charge in [0.15, 0.2) is 0 Å². The standard InChI is InChI=1S/C18H20Cl2N2O3S/c1-11(2)10-21-18(23)17-9-16(5-4-12(17)3)26(24,25)22-15-7-13(19)6-14(20)8-15/h4-9,11,22H,10H2,1-3H3,(H,21,23). The summed E-state index contributed by atoms with van der Waals surface area (Å²) in [7, 11) is -3.90. The molecule has 2 aromatic carbocycles. The Balaban J connectivity index is 2.32. The molecule has 0 fully saturated rings. The number of sulfonamides is 1. The minimum Gasteiger partial charge on any atom is -0.352 e. The minimum atomic E-state index is -3.90. The van der Waals surface area contributed by atoms with Crippen molar-refractivity contribution in [2.24, 2.45) is 5.92 Å². The van der Waals surface area contributed by atoms with Crippen LogP contribution >= 0.6 is 23.2 Å². The molecule has 26 heavy (non-hydrogen) atoms. The molecule has 140 valence electrons. The van der Waals surface area contributed by atoms with E-state index in [-0.39, 0.29) is 16.5 Å². The Kier molecular flexibility index (Phi) is 6.55. The topological polar surface area (TPSA) is 75.3 Å². The van der Waals surface area contributed by atoms with Crippen LogP contribution in [-0.2, 0) is 10.0 Å². The lowest BCUT2D eigenvalue weighted by molar-refractivity contribution is 0.0948. The zero-order valence-corrected chi connectivity index (χ0v) is 17.0. The summed E-state index contributed by atoms with van der Waals surface area (Å²) in [5.74, 6) is -0.0144. The number of carbonyl (C=O) groups excluding carboxylic acids is 1. The molecule has 0 aliphatic rings. The highest BCUT2D eigenvalue weighted by Gasteiger charge is 2.19. The predicted octanol–water partition coefficient (Wildman–Crippen LogP) is 4.49. The van der Waals surface area contributed by atoms with Gasteiger partial charge in [0, 0.05) is 22.2 Å². The summed E-state index contributed by atoms with van der Waals surface area (Å²) in [6.45, 7) is 6.22. The third-order valence-corrected chi connectivity index (χ3v) is 5.37. The highest BCUT2D eigenvalue weighted by molar-refractivity contribution is 7.92. The van der Waals surface area contributed by atoms with Crippen LogP contribution in [0.2, 0.25) is 10.0 Å². The highest BCUT2D eigenvalue weighted by atomic mass is 35.5. The van der Waals surface area contributed by atoms with Crippen LogP contribution in [0.4, 0.5) is 5.69 Å². The Hall–Kier alpha value is -1.76. The quantitative estimate of drug-likeness (QED) is 0.730. The van der Waals surface area contributed by atoms with Crippen LogP contribution < -0.4 is 10.0 Å². The van der Waals surface area contributed by atoms with E-state index in [1.165, 1.54) is 30.3 Å². The SMILES string of the molecule is Cc1ccc(S(=O)(=O)Nc2cc(Cl)cc(Cl)c2)cc1C(=O)NCC(C)C. The molecule has 2 rings (SSSR count). The van der Waals surface area contributed by atoms with Crippen molar-refractivity contribution < 1.29 is 13.2 Å². The summed E-state index contributed by atoms with van der Waals surface area (Å²) in [4.78, 5) is 12.3. The van der Waals surface area contributed by atoms with Crippen LogP contribution in [0.3, 0.4) is 0 Å². The summed E-state index contributed by atoms with van der Waals surface area (Å²) in [6, 6.07) is 8.82. The fraction of sp³-hybridized carbons (Fsp3) is 0.278. The fourth-order valence-electron chi connectivity index (χ4n) is 2.23. The van der Waals surface area contributed by atoms with Crippen molar-refractivity contribution in [3.8, 4) is 0 Å². The van der Waals surface area contributed by atoms with Crippen molar-refractivity contribution in [1.82, 2.24) is 5.32 Å². The van der Waals surface area contributed by atoms with Crippen molar-refractivity contribution in [2.75, 3.05) is 11.3 Å². The number of anilines is 1. The third-order valence-electron chi connectivity index (χ3n) is 3.55. The molecule has 0 radical (unpaired) electrons. The summed E-state index contributed by atoms with van der Waals surface area (Å²) < 4.78 is 27.7. The molecule has 0 saturated carbocycles. The minimum absolute atomic E-state index is 0.0195. The summed E-state index contributed by atoms with van der Waals surface area (Å²) in [5.41, 5.74) is 1.25. The van der Waals surface area contributed by atoms with Crippen LogP contribution in [0.1, 0.15) is 29.8 Å². The molecule has 2 aromatic rings. The number of halogens is 2. The van der Waals surface area contributed by atoms with Gasteiger partial charge in [0.25, 0.3) is 15.9 Å². The maximum absolute atomic E-state index is 12.6. The van der Waals surface area contributed by atoms with Gasteiger partial charge in [-0.1, -0.05) is 43.1 Å². The van der Waals surface area contributed by atoms with Crippen LogP contribution in [0.25, 0.3) is 0 Å². The molecule has 2 N–H and O–H groups in total. The van der Waals surface area contributed by atoms with Crippen LogP contribution in [0.5, 0.6) is 0 Å². The first kappa shape index (κ1) is 20.6. The zero-order valence-electron chi connectivity index (χ0n) is 14.6. The van der Waals surface area contributed by atoms with E-state index in [4.69, 9.17) is 23.2 Å². The smallest absolute Gasteiger partial charge is 0.261 e. The molecule has 0 aliphatic heterocycles. The number of benzene rings is 2. The first-order valence-corrected chi connectivity index (χ1v) is 10.2. The van der Waals surface area contributed by atoms with Crippen LogP contribution in [0, 0.1) is 12.8 Å². The molecule has 0 saturated heterocycles. The number of amides is 1. The van der Waals surface area contributed by atoms with Crippen molar-refractivity contribution in [1.29, 1.82) is 0 Å². The van der Waals surface area contributed by atoms with Gasteiger partial charge in [-0.15, -0.1) is 0 Å². The Morgan fingerprint density at radius 1 is 1.08 bits per heavy atom. The number of nitrogens with one attached hydrogen (secondary N) is 2. The normalized spacial score (nSPS) is 11.5. The second-order valence-corrected chi connectivity index (χ2v) is 8.90. The Morgan fingerprint density at radius 3 is 2.27 bits per heavy atom. The molecule has 0 heterocycles. The molecule has 0 aliphatic carbocycles. The van der Waals surface area contributed by atoms with Gasteiger partial charge >= 0.3 is 0 Å². The van der Waals surface area contributed by atoms with Gasteiger partial charge in [0.05, 0.1) is 10.6 Å². The fourth-order valence-corrected chi connectivity index (χ4v) is 3.82. The number of hydrogen-bond acceptors (Lipinski definition) is 3. The molecular weight excluding hydrogens is 395 g/mol. The van der Waals surface area contributed by atoms with E-state index in [9.17, 15) is 13.2 Å². The van der Waals surface area contributed by atoms with Gasteiger partial charge in [-0.2, -0.15) is 0 Å². The van der Waals surface area contributed by atoms with Crippen molar-refractivity contribution in [3.63, 3.8) is 0 Å². The van der Waals surface area contributed by atoms with E-state index < -0.39 is 10.0 Å². The lowest BCUT2D eigenvalue weighted by Gasteiger charge is -2.13. The van der Waals surface area contributed by atoms with E-state index in [1.807, 2.05) is 13.8 Å². The van der Waals surface area contributed by atoms with Gasteiger partial charge in [-0.05, 0) is 48.7 Å². The second kappa shape index (κ2) is 8.29. The monoisotopic (exact) mass is 414 g/mol. The van der Waals surface area contributed by atoms with Crippen molar-refractivity contribution >= 4 is 44.8 Å². The number of carbonyl (C=O) groups is 1. The predicted molar refractivity (Wildman–Crippen MR) is 106 cm³/mol. The largest absolute Gasteiger partial charge is 0.352 e. The van der Waals surface area contributed by atoms with E-state index in [1.54, 1.807) is 13.0 Å². The summed E-state index contributed by atoms with van der Waals surface area (Å²) in [6.07, 6.45) is 0. The number of aryl methyl sites for hydroxylation is 1. The van der Waals surface area contributed by atoms with Crippen molar-refractivity contribution in [3.05, 3.63) is 57.6 Å². The highest BCUT2D eigenvalue weighted by Crippen LogP contribution is 2.25. The van der Waals surface area contributed by atoms with E-state index in [2.05, 4.69) is 10.0 Å². The van der Waals surface area contributed by atoms with Gasteiger partial charge < -0.3 is 5.32 Å². The zero-order chi connectivity index (χ0) is 19.5. The lowest BCUT2D eigenvalue weighted by Crippen LogP contribution is -2.28. The first-order chi connectivity index (χ1) is 12.1. The average molecular weight is 415 g/mol. The van der Waals surface area contributed by atoms with Gasteiger partial charge in [-0.3, -0.25) is 9.52 Å². The summed E-state index contributed by atoms with van der Waals surface area (Å²) >= 11 is 11.8. The molecule has 5 nitrogen and oxygen atoms in total. The molecule has 0 aromatic heterocycles. The first-order valence-electron chi connectivity index (χ1n) is 7.96. The van der Waals surface area contributed by atoms with Gasteiger partial charge in [0.2, 0.25) is 0 Å². The number of hydrogen-bond donors (Lipinski definition) is 2. The molecular formula is C18H20Cl2N2O3S. The Labute approximate surface area is 163 Å². The van der Waals surface area contributed by atoms with Crippen LogP contribution in [-0.4, -0.2) is 20.9 Å². The second-order valence-electron chi connectivity index (χ2n) is 6.34. The van der Waals surface area contributed by atoms with E-state index in [0.717, 1.165) is 0 Å². The summed E-state index contributed by atoms with van der Waals surface area (Å²) in [5, 5.41) is 3.42. The molecule has 0 atom stereocenters. The molecule has 0 bridgehead atoms. The van der Waals surface area contributed by atoms with E-state index in [0.29, 0.717) is 33.6 Å². The number of rotatable bonds is 6. The molecule has 8 heteroatoms. The molecule has 0 spiro atoms. The average Bonchev–Trinajstić information content (AvgIpc) is 2.51. The van der Waals surface area contributed by atoms with Gasteiger partial charge in [-0.25, -0.2) is 8.42 Å².